The predicted octanol–water partition coefficient (Wildman–Crippen LogP) is 5.48. The average molecular weight is 557 g/mol. The van der Waals surface area contributed by atoms with E-state index >= 15 is 0 Å². The van der Waals surface area contributed by atoms with E-state index < -0.39 is 0 Å². The van der Waals surface area contributed by atoms with Gasteiger partial charge in [-0.25, -0.2) is 9.07 Å². The van der Waals surface area contributed by atoms with E-state index in [0.717, 1.165) is 35.2 Å². The molecule has 2 amide bonds. The predicted molar refractivity (Wildman–Crippen MR) is 154 cm³/mol. The van der Waals surface area contributed by atoms with E-state index in [2.05, 4.69) is 0 Å². The maximum absolute atomic E-state index is 13.9. The number of amides is 2. The van der Waals surface area contributed by atoms with Gasteiger partial charge in [0.1, 0.15) is 23.9 Å². The number of carbonyl (C=O) groups excluding carboxylic acids is 2. The molecule has 1 fully saturated rings. The summed E-state index contributed by atoms with van der Waals surface area (Å²) >= 11 is 1.47. The van der Waals surface area contributed by atoms with Gasteiger partial charge in [-0.05, 0) is 54.8 Å². The molecule has 1 saturated heterocycles. The lowest BCUT2D eigenvalue weighted by molar-refractivity contribution is -0.130. The van der Waals surface area contributed by atoms with Crippen LogP contribution in [0.15, 0.2) is 78.9 Å². The molecule has 0 spiro atoms. The number of ether oxygens (including phenoxy) is 1. The fourth-order valence-corrected chi connectivity index (χ4v) is 6.53. The van der Waals surface area contributed by atoms with E-state index in [9.17, 15) is 14.0 Å². The van der Waals surface area contributed by atoms with Crippen molar-refractivity contribution in [3.63, 3.8) is 0 Å². The first-order valence-corrected chi connectivity index (χ1v) is 14.4. The first kappa shape index (κ1) is 26.1. The molecule has 3 aromatic carbocycles. The molecule has 0 unspecified atom stereocenters. The Balaban J connectivity index is 1.59. The third-order valence-corrected chi connectivity index (χ3v) is 8.63. The molecule has 9 heteroatoms. The first-order chi connectivity index (χ1) is 19.5. The van der Waals surface area contributed by atoms with Gasteiger partial charge in [0.2, 0.25) is 11.8 Å². The molecular weight excluding hydrogens is 527 g/mol. The quantitative estimate of drug-likeness (QED) is 0.315. The van der Waals surface area contributed by atoms with Gasteiger partial charge in [0.05, 0.1) is 29.5 Å². The van der Waals surface area contributed by atoms with Crippen molar-refractivity contribution in [1.29, 1.82) is 0 Å². The molecule has 7 nitrogen and oxygen atoms in total. The van der Waals surface area contributed by atoms with Crippen LogP contribution < -0.4 is 9.64 Å². The summed E-state index contributed by atoms with van der Waals surface area (Å²) < 4.78 is 21.1. The molecule has 2 aliphatic heterocycles. The van der Waals surface area contributed by atoms with Crippen molar-refractivity contribution in [3.8, 4) is 22.7 Å². The number of thioether (sulfide) groups is 1. The number of aromatic nitrogens is 2. The van der Waals surface area contributed by atoms with Crippen LogP contribution in [0.4, 0.5) is 10.2 Å². The summed E-state index contributed by atoms with van der Waals surface area (Å²) in [5.74, 6) is 0.848. The summed E-state index contributed by atoms with van der Waals surface area (Å²) in [6.45, 7) is 1.33. The zero-order valence-corrected chi connectivity index (χ0v) is 22.9. The van der Waals surface area contributed by atoms with Gasteiger partial charge in [0.25, 0.3) is 0 Å². The number of likely N-dealkylation sites (tertiary alicyclic amines) is 1. The number of fused-ring (bicyclic) bond motifs is 1. The molecule has 0 bridgehead atoms. The van der Waals surface area contributed by atoms with Crippen LogP contribution in [0.1, 0.15) is 29.2 Å². The second-order valence-electron chi connectivity index (χ2n) is 9.87. The lowest BCUT2D eigenvalue weighted by atomic mass is 9.99. The fourth-order valence-electron chi connectivity index (χ4n) is 5.33. The van der Waals surface area contributed by atoms with Crippen LogP contribution in [0, 0.1) is 5.82 Å². The zero-order valence-electron chi connectivity index (χ0n) is 22.1. The van der Waals surface area contributed by atoms with Crippen LogP contribution in [0.3, 0.4) is 0 Å². The molecule has 40 heavy (non-hydrogen) atoms. The summed E-state index contributed by atoms with van der Waals surface area (Å²) in [4.78, 5) is 30.6. The smallest absolute Gasteiger partial charge is 0.242 e. The number of methoxy groups -OCH3 is 1. The Labute approximate surface area is 236 Å². The van der Waals surface area contributed by atoms with Crippen molar-refractivity contribution < 1.29 is 18.7 Å². The van der Waals surface area contributed by atoms with Crippen LogP contribution in [0.5, 0.6) is 5.75 Å². The fraction of sp³-hybridized carbons (Fsp3) is 0.258. The summed E-state index contributed by atoms with van der Waals surface area (Å²) in [6.07, 6.45) is 1.94. The molecule has 0 saturated carbocycles. The second kappa shape index (κ2) is 11.2. The van der Waals surface area contributed by atoms with Gasteiger partial charge in [-0.2, -0.15) is 5.10 Å². The summed E-state index contributed by atoms with van der Waals surface area (Å²) in [5.41, 5.74) is 4.01. The van der Waals surface area contributed by atoms with Crippen molar-refractivity contribution in [3.05, 3.63) is 95.8 Å². The van der Waals surface area contributed by atoms with Gasteiger partial charge < -0.3 is 9.64 Å². The molecular formula is C31H29FN4O3S. The van der Waals surface area contributed by atoms with E-state index in [1.807, 2.05) is 59.5 Å². The van der Waals surface area contributed by atoms with Gasteiger partial charge in [-0.15, -0.1) is 11.8 Å². The molecule has 0 aliphatic carbocycles. The van der Waals surface area contributed by atoms with Crippen LogP contribution >= 0.6 is 11.8 Å². The van der Waals surface area contributed by atoms with Crippen LogP contribution in [0.25, 0.3) is 16.9 Å². The minimum absolute atomic E-state index is 0.0708. The zero-order chi connectivity index (χ0) is 27.6. The molecule has 1 aromatic heterocycles. The maximum Gasteiger partial charge on any atom is 0.242 e. The minimum Gasteiger partial charge on any atom is -0.497 e. The number of anilines is 1. The topological polar surface area (TPSA) is 67.7 Å². The van der Waals surface area contributed by atoms with Gasteiger partial charge in [0, 0.05) is 24.2 Å². The van der Waals surface area contributed by atoms with Gasteiger partial charge in [-0.1, -0.05) is 42.5 Å². The lowest BCUT2D eigenvalue weighted by Gasteiger charge is -2.25. The number of carbonyl (C=O) groups is 2. The number of halogens is 1. The standard InChI is InChI=1S/C31H29FN4O3S/c1-39-25-15-13-24(14-16-25)36-31-28(29(33-36)21-7-3-2-4-8-21)30(22-9-11-23(32)12-10-22)40-20-27(38)35(31)19-26(37)34-17-5-6-18-34/h2-4,7-16,30H,5-6,17-20H2,1H3/t30-/m0/s1. The Morgan fingerprint density at radius 2 is 1.70 bits per heavy atom. The molecule has 0 N–H and O–H groups in total. The molecule has 204 valence electrons. The van der Waals surface area contributed by atoms with Gasteiger partial charge in [0.15, 0.2) is 0 Å². The van der Waals surface area contributed by atoms with Crippen LogP contribution in [-0.2, 0) is 9.59 Å². The van der Waals surface area contributed by atoms with Crippen molar-refractivity contribution in [2.45, 2.75) is 18.1 Å². The largest absolute Gasteiger partial charge is 0.497 e. The van der Waals surface area contributed by atoms with E-state index in [-0.39, 0.29) is 35.2 Å². The summed E-state index contributed by atoms with van der Waals surface area (Å²) in [7, 11) is 1.61. The normalized spacial score (nSPS) is 17.1. The third kappa shape index (κ3) is 4.97. The second-order valence-corrected chi connectivity index (χ2v) is 11.0. The lowest BCUT2D eigenvalue weighted by Crippen LogP contribution is -2.43. The van der Waals surface area contributed by atoms with Crippen LogP contribution in [-0.4, -0.2) is 59.0 Å². The van der Waals surface area contributed by atoms with Crippen molar-refractivity contribution >= 4 is 29.4 Å². The highest BCUT2D eigenvalue weighted by molar-refractivity contribution is 8.00. The third-order valence-electron chi connectivity index (χ3n) is 7.38. The molecule has 1 atom stereocenters. The SMILES string of the molecule is COc1ccc(-n2nc(-c3ccccc3)c3c2N(CC(=O)N2CCCC2)C(=O)CS[C@H]3c2ccc(F)cc2)cc1. The minimum atomic E-state index is -0.325. The highest BCUT2D eigenvalue weighted by Crippen LogP contribution is 2.48. The maximum atomic E-state index is 13.9. The highest BCUT2D eigenvalue weighted by atomic mass is 32.2. The number of benzene rings is 3. The Bertz CT molecular complexity index is 1520. The Hall–Kier alpha value is -4.11. The number of rotatable bonds is 6. The van der Waals surface area contributed by atoms with Crippen LogP contribution in [0.2, 0.25) is 0 Å². The Kier molecular flexibility index (Phi) is 7.30. The number of hydrogen-bond acceptors (Lipinski definition) is 5. The molecule has 3 heterocycles. The Morgan fingerprint density at radius 1 is 1.00 bits per heavy atom. The van der Waals surface area contributed by atoms with Gasteiger partial charge in [-0.3, -0.25) is 14.5 Å². The van der Waals surface area contributed by atoms with E-state index in [1.165, 1.54) is 23.9 Å². The number of hydrogen-bond donors (Lipinski definition) is 0. The van der Waals surface area contributed by atoms with E-state index in [1.54, 1.807) is 28.8 Å². The molecule has 6 rings (SSSR count). The highest BCUT2D eigenvalue weighted by Gasteiger charge is 2.38. The monoisotopic (exact) mass is 556 g/mol. The molecule has 0 radical (unpaired) electrons. The number of nitrogens with zero attached hydrogens (tertiary/aromatic N) is 4. The molecule has 4 aromatic rings. The van der Waals surface area contributed by atoms with E-state index in [0.29, 0.717) is 30.4 Å². The average Bonchev–Trinajstić information content (AvgIpc) is 3.64. The van der Waals surface area contributed by atoms with Crippen molar-refractivity contribution in [1.82, 2.24) is 14.7 Å². The van der Waals surface area contributed by atoms with Gasteiger partial charge >= 0.3 is 0 Å². The first-order valence-electron chi connectivity index (χ1n) is 13.3. The summed E-state index contributed by atoms with van der Waals surface area (Å²) in [6, 6.07) is 23.7. The molecule has 2 aliphatic rings. The van der Waals surface area contributed by atoms with E-state index in [4.69, 9.17) is 9.84 Å². The Morgan fingerprint density at radius 3 is 2.38 bits per heavy atom. The van der Waals surface area contributed by atoms with Crippen molar-refractivity contribution in [2.75, 3.05) is 37.4 Å². The summed E-state index contributed by atoms with van der Waals surface area (Å²) in [5, 5.41) is 4.77. The van der Waals surface area contributed by atoms with Crippen molar-refractivity contribution in [2.24, 2.45) is 0 Å².